The molecule has 78 valence electrons. The minimum Gasteiger partial charge on any atom is -0.448 e. The molecule has 5 nitrogen and oxygen atoms in total. The number of carbonyl (C=O) groups excluding carboxylic acids is 1. The Hall–Kier alpha value is -1.17. The summed E-state index contributed by atoms with van der Waals surface area (Å²) in [6.45, 7) is 4.08. The van der Waals surface area contributed by atoms with Gasteiger partial charge in [0.05, 0.1) is 6.61 Å². The van der Waals surface area contributed by atoms with E-state index in [1.165, 1.54) is 16.0 Å². The molecule has 1 aromatic rings. The Kier molecular flexibility index (Phi) is 3.82. The van der Waals surface area contributed by atoms with Crippen molar-refractivity contribution < 1.29 is 9.53 Å². The predicted octanol–water partition coefficient (Wildman–Crippen LogP) is 1.04. The van der Waals surface area contributed by atoms with Gasteiger partial charge in [-0.25, -0.2) is 4.79 Å². The van der Waals surface area contributed by atoms with Gasteiger partial charge in [0, 0.05) is 7.05 Å². The minimum atomic E-state index is -0.468. The quantitative estimate of drug-likeness (QED) is 0.740. The van der Waals surface area contributed by atoms with E-state index in [-0.39, 0.29) is 0 Å². The van der Waals surface area contributed by atoms with Crippen LogP contribution in [0.3, 0.4) is 0 Å². The summed E-state index contributed by atoms with van der Waals surface area (Å²) in [7, 11) is 1.63. The number of hydrogen-bond donors (Lipinski definition) is 0. The zero-order valence-corrected chi connectivity index (χ0v) is 9.30. The van der Waals surface area contributed by atoms with Crippen molar-refractivity contribution in [1.82, 2.24) is 9.78 Å². The highest BCUT2D eigenvalue weighted by Crippen LogP contribution is 1.99. The van der Waals surface area contributed by atoms with Crippen molar-refractivity contribution in [2.75, 3.05) is 13.7 Å². The van der Waals surface area contributed by atoms with Crippen LogP contribution < -0.4 is 4.80 Å². The van der Waals surface area contributed by atoms with Crippen molar-refractivity contribution in [2.45, 2.75) is 20.3 Å². The van der Waals surface area contributed by atoms with Gasteiger partial charge in [-0.3, -0.25) is 4.99 Å². The molecule has 0 aliphatic carbocycles. The number of rotatable bonds is 2. The molecule has 0 fully saturated rings. The fraction of sp³-hybridized carbons (Fsp3) is 0.625. The Balaban J connectivity index is 3.07. The Morgan fingerprint density at radius 3 is 2.86 bits per heavy atom. The maximum atomic E-state index is 11.4. The van der Waals surface area contributed by atoms with Crippen LogP contribution in [0.5, 0.6) is 0 Å². The molecule has 0 saturated carbocycles. The van der Waals surface area contributed by atoms with Crippen LogP contribution in [0.4, 0.5) is 4.79 Å². The maximum Gasteiger partial charge on any atom is 0.437 e. The standard InChI is InChI=1S/C8H13N3O2S/c1-4-6-10-11(7(9-3)14-6)8(12)13-5-2/h4-5H2,1-3H3. The summed E-state index contributed by atoms with van der Waals surface area (Å²) in [6, 6.07) is 0. The molecule has 0 bridgehead atoms. The third-order valence-electron chi connectivity index (χ3n) is 1.54. The summed E-state index contributed by atoms with van der Waals surface area (Å²) >= 11 is 1.40. The average molecular weight is 215 g/mol. The fourth-order valence-corrected chi connectivity index (χ4v) is 1.68. The summed E-state index contributed by atoms with van der Waals surface area (Å²) in [5, 5.41) is 4.96. The van der Waals surface area contributed by atoms with Crippen LogP contribution in [0, 0.1) is 0 Å². The van der Waals surface area contributed by atoms with Crippen molar-refractivity contribution in [2.24, 2.45) is 4.99 Å². The minimum absolute atomic E-state index is 0.341. The highest BCUT2D eigenvalue weighted by atomic mass is 32.1. The normalized spacial score (nSPS) is 11.8. The zero-order chi connectivity index (χ0) is 10.6. The summed E-state index contributed by atoms with van der Waals surface area (Å²) in [4.78, 5) is 15.9. The van der Waals surface area contributed by atoms with E-state index in [9.17, 15) is 4.79 Å². The first-order chi connectivity index (χ1) is 6.72. The molecule has 1 heterocycles. The largest absolute Gasteiger partial charge is 0.448 e. The van der Waals surface area contributed by atoms with E-state index in [1.54, 1.807) is 14.0 Å². The van der Waals surface area contributed by atoms with Crippen LogP contribution in [0.15, 0.2) is 4.99 Å². The van der Waals surface area contributed by atoms with Crippen LogP contribution in [0.1, 0.15) is 18.9 Å². The molecular weight excluding hydrogens is 202 g/mol. The number of aryl methyl sites for hydroxylation is 1. The van der Waals surface area contributed by atoms with Gasteiger partial charge in [0.15, 0.2) is 0 Å². The molecule has 14 heavy (non-hydrogen) atoms. The lowest BCUT2D eigenvalue weighted by Gasteiger charge is -1.98. The van der Waals surface area contributed by atoms with Gasteiger partial charge in [-0.2, -0.15) is 5.10 Å². The topological polar surface area (TPSA) is 56.5 Å². The molecule has 0 spiro atoms. The SMILES string of the molecule is CCOC(=O)n1nc(CC)sc1=NC. The molecule has 0 aliphatic heterocycles. The van der Waals surface area contributed by atoms with Gasteiger partial charge in [0.1, 0.15) is 5.01 Å². The van der Waals surface area contributed by atoms with E-state index in [2.05, 4.69) is 10.1 Å². The van der Waals surface area contributed by atoms with E-state index in [0.717, 1.165) is 11.4 Å². The zero-order valence-electron chi connectivity index (χ0n) is 8.48. The lowest BCUT2D eigenvalue weighted by Crippen LogP contribution is -2.25. The molecule has 0 aliphatic rings. The average Bonchev–Trinajstić information content (AvgIpc) is 2.61. The van der Waals surface area contributed by atoms with Gasteiger partial charge in [0.25, 0.3) is 0 Å². The molecule has 1 rings (SSSR count). The lowest BCUT2D eigenvalue weighted by molar-refractivity contribution is 0.149. The van der Waals surface area contributed by atoms with Crippen LogP contribution in [0.25, 0.3) is 0 Å². The Bertz CT molecular complexity index is 380. The van der Waals surface area contributed by atoms with Gasteiger partial charge in [-0.15, -0.1) is 4.68 Å². The molecule has 6 heteroatoms. The predicted molar refractivity (Wildman–Crippen MR) is 53.4 cm³/mol. The van der Waals surface area contributed by atoms with Gasteiger partial charge in [-0.05, 0) is 13.3 Å². The second-order valence-electron chi connectivity index (χ2n) is 2.47. The Morgan fingerprint density at radius 1 is 1.64 bits per heavy atom. The van der Waals surface area contributed by atoms with Gasteiger partial charge in [0.2, 0.25) is 4.80 Å². The Morgan fingerprint density at radius 2 is 2.36 bits per heavy atom. The van der Waals surface area contributed by atoms with E-state index in [4.69, 9.17) is 4.74 Å². The van der Waals surface area contributed by atoms with Crippen LogP contribution in [-0.4, -0.2) is 29.5 Å². The van der Waals surface area contributed by atoms with Gasteiger partial charge >= 0.3 is 6.09 Å². The smallest absolute Gasteiger partial charge is 0.437 e. The summed E-state index contributed by atoms with van der Waals surface area (Å²) < 4.78 is 6.04. The van der Waals surface area contributed by atoms with E-state index < -0.39 is 6.09 Å². The third kappa shape index (κ3) is 2.20. The second-order valence-corrected chi connectivity index (χ2v) is 3.51. The molecule has 0 saturated heterocycles. The molecular formula is C8H13N3O2S. The molecule has 0 N–H and O–H groups in total. The summed E-state index contributed by atoms with van der Waals surface area (Å²) in [6.07, 6.45) is 0.323. The Labute approximate surface area is 86.0 Å². The molecule has 0 unspecified atom stereocenters. The van der Waals surface area contributed by atoms with E-state index in [0.29, 0.717) is 11.4 Å². The number of carbonyl (C=O) groups is 1. The lowest BCUT2D eigenvalue weighted by atomic mass is 10.5. The first kappa shape index (κ1) is 10.9. The molecule has 0 atom stereocenters. The first-order valence-electron chi connectivity index (χ1n) is 4.41. The fourth-order valence-electron chi connectivity index (χ4n) is 0.910. The van der Waals surface area contributed by atoms with Crippen molar-refractivity contribution in [3.05, 3.63) is 9.81 Å². The highest BCUT2D eigenvalue weighted by molar-refractivity contribution is 7.08. The number of nitrogens with zero attached hydrogens (tertiary/aromatic N) is 3. The van der Waals surface area contributed by atoms with Crippen molar-refractivity contribution >= 4 is 17.4 Å². The van der Waals surface area contributed by atoms with Crippen LogP contribution in [-0.2, 0) is 11.2 Å². The summed E-state index contributed by atoms with van der Waals surface area (Å²) in [5.74, 6) is 0. The van der Waals surface area contributed by atoms with Crippen LogP contribution >= 0.6 is 11.3 Å². The maximum absolute atomic E-state index is 11.4. The molecule has 0 aromatic carbocycles. The summed E-state index contributed by atoms with van der Waals surface area (Å²) in [5.41, 5.74) is 0. The number of aromatic nitrogens is 2. The molecule has 0 amide bonds. The van der Waals surface area contributed by atoms with Crippen molar-refractivity contribution in [1.29, 1.82) is 0 Å². The van der Waals surface area contributed by atoms with E-state index >= 15 is 0 Å². The number of ether oxygens (including phenoxy) is 1. The molecule has 1 aromatic heterocycles. The van der Waals surface area contributed by atoms with Crippen molar-refractivity contribution in [3.63, 3.8) is 0 Å². The van der Waals surface area contributed by atoms with Crippen LogP contribution in [0.2, 0.25) is 0 Å². The number of hydrogen-bond acceptors (Lipinski definition) is 5. The van der Waals surface area contributed by atoms with Crippen molar-refractivity contribution in [3.8, 4) is 0 Å². The van der Waals surface area contributed by atoms with Gasteiger partial charge in [-0.1, -0.05) is 18.3 Å². The monoisotopic (exact) mass is 215 g/mol. The molecule has 0 radical (unpaired) electrons. The third-order valence-corrected chi connectivity index (χ3v) is 2.68. The van der Waals surface area contributed by atoms with Gasteiger partial charge < -0.3 is 4.74 Å². The highest BCUT2D eigenvalue weighted by Gasteiger charge is 2.11. The first-order valence-corrected chi connectivity index (χ1v) is 5.23. The van der Waals surface area contributed by atoms with E-state index in [1.807, 2.05) is 6.92 Å². The second kappa shape index (κ2) is 4.90.